The molecule has 0 unspecified atom stereocenters. The van der Waals surface area contributed by atoms with E-state index in [0.29, 0.717) is 17.8 Å². The third kappa shape index (κ3) is 5.34. The van der Waals surface area contributed by atoms with Gasteiger partial charge in [-0.1, -0.05) is 6.92 Å². The first kappa shape index (κ1) is 19.9. The van der Waals surface area contributed by atoms with Gasteiger partial charge in [0.25, 0.3) is 5.91 Å². The lowest BCUT2D eigenvalue weighted by molar-refractivity contribution is 0.0953. The van der Waals surface area contributed by atoms with E-state index in [4.69, 9.17) is 0 Å². The summed E-state index contributed by atoms with van der Waals surface area (Å²) in [7, 11) is 0. The number of aryl methyl sites for hydroxylation is 1. The predicted octanol–water partition coefficient (Wildman–Crippen LogP) is 3.50. The Labute approximate surface area is 166 Å². The number of urea groups is 1. The summed E-state index contributed by atoms with van der Waals surface area (Å²) in [5.74, 6) is -0.0885. The molecule has 0 aliphatic carbocycles. The highest BCUT2D eigenvalue weighted by molar-refractivity contribution is 5.95. The molecular weight excluding hydrogens is 354 g/mol. The van der Waals surface area contributed by atoms with Crippen molar-refractivity contribution in [2.24, 2.45) is 0 Å². The highest BCUT2D eigenvalue weighted by Gasteiger charge is 2.26. The van der Waals surface area contributed by atoms with Crippen LogP contribution in [0.5, 0.6) is 0 Å². The SMILES string of the molecule is CCCNC(=O)c1ccc(NC(=O)N2CCCC[C@H]2CCn2cccn2)cc1. The zero-order chi connectivity index (χ0) is 19.8. The fraction of sp³-hybridized carbons (Fsp3) is 0.476. The molecule has 0 radical (unpaired) electrons. The van der Waals surface area contributed by atoms with E-state index >= 15 is 0 Å². The zero-order valence-electron chi connectivity index (χ0n) is 16.4. The summed E-state index contributed by atoms with van der Waals surface area (Å²) in [6.07, 6.45) is 8.72. The second-order valence-corrected chi connectivity index (χ2v) is 7.16. The van der Waals surface area contributed by atoms with E-state index in [0.717, 1.165) is 45.2 Å². The van der Waals surface area contributed by atoms with E-state index < -0.39 is 0 Å². The van der Waals surface area contributed by atoms with Crippen molar-refractivity contribution in [3.63, 3.8) is 0 Å². The summed E-state index contributed by atoms with van der Waals surface area (Å²) in [4.78, 5) is 26.7. The van der Waals surface area contributed by atoms with Crippen LogP contribution in [0.4, 0.5) is 10.5 Å². The average Bonchev–Trinajstić information content (AvgIpc) is 3.25. The standard InChI is InChI=1S/C21H29N5O2/c1-2-12-22-20(27)17-7-9-18(10-8-17)24-21(28)26-15-4-3-6-19(26)11-16-25-14-5-13-23-25/h5,7-10,13-14,19H,2-4,6,11-12,15-16H2,1H3,(H,22,27)(H,24,28)/t19-/m0/s1. The van der Waals surface area contributed by atoms with Crippen LogP contribution in [0.15, 0.2) is 42.7 Å². The van der Waals surface area contributed by atoms with Crippen molar-refractivity contribution in [2.45, 2.75) is 51.6 Å². The number of hydrogen-bond donors (Lipinski definition) is 2. The maximum atomic E-state index is 12.8. The minimum absolute atomic E-state index is 0.0756. The van der Waals surface area contributed by atoms with E-state index in [-0.39, 0.29) is 18.0 Å². The molecule has 0 bridgehead atoms. The molecule has 7 heteroatoms. The minimum Gasteiger partial charge on any atom is -0.352 e. The molecular formula is C21H29N5O2. The van der Waals surface area contributed by atoms with Gasteiger partial charge in [0, 0.05) is 49.3 Å². The van der Waals surface area contributed by atoms with Crippen molar-refractivity contribution in [2.75, 3.05) is 18.4 Å². The molecule has 1 aliphatic rings. The van der Waals surface area contributed by atoms with Gasteiger partial charge in [0.05, 0.1) is 0 Å². The van der Waals surface area contributed by atoms with E-state index in [2.05, 4.69) is 15.7 Å². The molecule has 1 atom stereocenters. The number of carbonyl (C=O) groups is 2. The first-order chi connectivity index (χ1) is 13.7. The molecule has 2 aromatic rings. The lowest BCUT2D eigenvalue weighted by atomic mass is 10.00. The highest BCUT2D eigenvalue weighted by atomic mass is 16.2. The quantitative estimate of drug-likeness (QED) is 0.768. The van der Waals surface area contributed by atoms with E-state index in [1.54, 1.807) is 30.5 Å². The van der Waals surface area contributed by atoms with Crippen molar-refractivity contribution in [3.05, 3.63) is 48.3 Å². The molecule has 1 saturated heterocycles. The summed E-state index contributed by atoms with van der Waals surface area (Å²) in [6, 6.07) is 9.10. The average molecular weight is 383 g/mol. The Morgan fingerprint density at radius 1 is 1.21 bits per heavy atom. The van der Waals surface area contributed by atoms with Crippen molar-refractivity contribution in [1.82, 2.24) is 20.0 Å². The zero-order valence-corrected chi connectivity index (χ0v) is 16.4. The number of nitrogens with one attached hydrogen (secondary N) is 2. The maximum Gasteiger partial charge on any atom is 0.322 e. The summed E-state index contributed by atoms with van der Waals surface area (Å²) in [5.41, 5.74) is 1.30. The number of anilines is 1. The van der Waals surface area contributed by atoms with Gasteiger partial charge in [-0.15, -0.1) is 0 Å². The molecule has 7 nitrogen and oxygen atoms in total. The third-order valence-electron chi connectivity index (χ3n) is 5.07. The van der Waals surface area contributed by atoms with Crippen molar-refractivity contribution < 1.29 is 9.59 Å². The molecule has 1 aromatic carbocycles. The Hall–Kier alpha value is -2.83. The van der Waals surface area contributed by atoms with Gasteiger partial charge in [0.1, 0.15) is 0 Å². The van der Waals surface area contributed by atoms with Crippen LogP contribution in [0, 0.1) is 0 Å². The third-order valence-corrected chi connectivity index (χ3v) is 5.07. The Morgan fingerprint density at radius 2 is 2.04 bits per heavy atom. The number of hydrogen-bond acceptors (Lipinski definition) is 3. The number of piperidine rings is 1. The molecule has 3 rings (SSSR count). The Morgan fingerprint density at radius 3 is 2.75 bits per heavy atom. The molecule has 150 valence electrons. The predicted molar refractivity (Wildman–Crippen MR) is 109 cm³/mol. The highest BCUT2D eigenvalue weighted by Crippen LogP contribution is 2.22. The largest absolute Gasteiger partial charge is 0.352 e. The number of benzene rings is 1. The van der Waals surface area contributed by atoms with E-state index in [9.17, 15) is 9.59 Å². The molecule has 1 aliphatic heterocycles. The first-order valence-corrected chi connectivity index (χ1v) is 10.1. The van der Waals surface area contributed by atoms with Crippen LogP contribution >= 0.6 is 0 Å². The van der Waals surface area contributed by atoms with Crippen molar-refractivity contribution >= 4 is 17.6 Å². The molecule has 0 saturated carbocycles. The molecule has 28 heavy (non-hydrogen) atoms. The fourth-order valence-electron chi connectivity index (χ4n) is 3.52. The Bertz CT molecular complexity index is 758. The lowest BCUT2D eigenvalue weighted by Crippen LogP contribution is -2.46. The Kier molecular flexibility index (Phi) is 7.06. The van der Waals surface area contributed by atoms with Gasteiger partial charge in [0.15, 0.2) is 0 Å². The van der Waals surface area contributed by atoms with Crippen molar-refractivity contribution in [1.29, 1.82) is 0 Å². The van der Waals surface area contributed by atoms with Gasteiger partial charge in [-0.25, -0.2) is 4.79 Å². The summed E-state index contributed by atoms with van der Waals surface area (Å²) in [5, 5.41) is 10.1. The number of aromatic nitrogens is 2. The van der Waals surface area contributed by atoms with Gasteiger partial charge in [-0.05, 0) is 62.4 Å². The van der Waals surface area contributed by atoms with Crippen LogP contribution in [-0.4, -0.2) is 45.8 Å². The minimum atomic E-state index is -0.0885. The molecule has 2 N–H and O–H groups in total. The lowest BCUT2D eigenvalue weighted by Gasteiger charge is -2.35. The number of carbonyl (C=O) groups excluding carboxylic acids is 2. The van der Waals surface area contributed by atoms with Crippen LogP contribution in [0.25, 0.3) is 0 Å². The van der Waals surface area contributed by atoms with E-state index in [1.165, 1.54) is 0 Å². The van der Waals surface area contributed by atoms with Crippen LogP contribution in [-0.2, 0) is 6.54 Å². The van der Waals surface area contributed by atoms with Crippen LogP contribution < -0.4 is 10.6 Å². The topological polar surface area (TPSA) is 79.3 Å². The summed E-state index contributed by atoms with van der Waals surface area (Å²) < 4.78 is 1.91. The molecule has 0 spiro atoms. The first-order valence-electron chi connectivity index (χ1n) is 10.1. The van der Waals surface area contributed by atoms with Gasteiger partial charge in [0.2, 0.25) is 0 Å². The van der Waals surface area contributed by atoms with Crippen LogP contribution in [0.3, 0.4) is 0 Å². The van der Waals surface area contributed by atoms with E-state index in [1.807, 2.05) is 28.8 Å². The van der Waals surface area contributed by atoms with Gasteiger partial charge < -0.3 is 15.5 Å². The number of nitrogens with zero attached hydrogens (tertiary/aromatic N) is 3. The van der Waals surface area contributed by atoms with Crippen LogP contribution in [0.1, 0.15) is 49.4 Å². The normalized spacial score (nSPS) is 16.6. The molecule has 2 heterocycles. The molecule has 3 amide bonds. The van der Waals surface area contributed by atoms with Gasteiger partial charge in [-0.2, -0.15) is 5.10 Å². The monoisotopic (exact) mass is 383 g/mol. The Balaban J connectivity index is 1.56. The van der Waals surface area contributed by atoms with Crippen LogP contribution in [0.2, 0.25) is 0 Å². The maximum absolute atomic E-state index is 12.8. The number of rotatable bonds is 7. The summed E-state index contributed by atoms with van der Waals surface area (Å²) >= 11 is 0. The molecule has 1 aromatic heterocycles. The second kappa shape index (κ2) is 9.92. The van der Waals surface area contributed by atoms with Gasteiger partial charge in [-0.3, -0.25) is 9.48 Å². The van der Waals surface area contributed by atoms with Gasteiger partial charge >= 0.3 is 6.03 Å². The number of amides is 3. The van der Waals surface area contributed by atoms with Crippen molar-refractivity contribution in [3.8, 4) is 0 Å². The fourth-order valence-corrected chi connectivity index (χ4v) is 3.52. The smallest absolute Gasteiger partial charge is 0.322 e. The summed E-state index contributed by atoms with van der Waals surface area (Å²) in [6.45, 7) is 4.25. The second-order valence-electron chi connectivity index (χ2n) is 7.16. The molecule has 1 fully saturated rings. The number of likely N-dealkylation sites (tertiary alicyclic amines) is 1.